The summed E-state index contributed by atoms with van der Waals surface area (Å²) < 4.78 is 46.1. The first kappa shape index (κ1) is 121. The molecule has 4 aromatic carbocycles. The van der Waals surface area contributed by atoms with Gasteiger partial charge < -0.3 is 68.0 Å². The van der Waals surface area contributed by atoms with Gasteiger partial charge in [0, 0.05) is 161 Å². The first-order valence-corrected chi connectivity index (χ1v) is 51.1. The Morgan fingerprint density at radius 3 is 0.739 bits per heavy atom. The summed E-state index contributed by atoms with van der Waals surface area (Å²) in [7, 11) is -13.6. The number of Topliss-reactive ketones (excluding diaryl/α,β-unsaturated/α-hetero) is 1. The van der Waals surface area contributed by atoms with Crippen LogP contribution in [0.5, 0.6) is 0 Å². The van der Waals surface area contributed by atoms with Crippen LogP contribution in [0.4, 0.5) is 0 Å². The van der Waals surface area contributed by atoms with E-state index in [1.54, 1.807) is 27.7 Å². The lowest BCUT2D eigenvalue weighted by atomic mass is 10.1. The standard InChI is InChI=1S/4C9H7N.C8H17O3PS.4C7H9NO4.C7H15O4PS.C6H13O4P.C5H13O3P/c4*1-2-6-9-8(4-1)5-3-7-10-9;1-2-8(13)6-4-3-5-7-12(9,10)11;4*1-2-7(11)12-8-5(9)3-4-6(8)10;1-11-7(13)5-3-2-4-6-12(8,9)10;1-6(7)4-2-3-5-11(8,9)10;1-2-3-4-5-9(6,7)8/h4*1-7H;2-7H2,1H3,(H2,9,10,11);4*2-4H2,1H3;2-6H2,1H3,(H2,8,9,10);2-5H2,1H3,(H2,8,9,10);2-5H2,1H3,(H2,6,7,8). The van der Waals surface area contributed by atoms with Gasteiger partial charge in [-0.3, -0.25) is 76.6 Å². The molecule has 8 N–H and O–H groups in total. The molecule has 0 aliphatic carbocycles. The third kappa shape index (κ3) is 58.4. The Bertz CT molecular complexity index is 4430. The van der Waals surface area contributed by atoms with E-state index in [0.29, 0.717) is 70.2 Å². The van der Waals surface area contributed by atoms with Crippen LogP contribution in [0.1, 0.15) is 222 Å². The number of nitrogens with zero attached hydrogens (tertiary/aromatic N) is 8. The van der Waals surface area contributed by atoms with Gasteiger partial charge in [-0.25, -0.2) is 19.2 Å². The number of thiocarbonyl (C=S) groups is 2. The van der Waals surface area contributed by atoms with E-state index >= 15 is 0 Å². The summed E-state index contributed by atoms with van der Waals surface area (Å²) in [4.78, 5) is 243. The number of imide groups is 4. The maximum atomic E-state index is 10.9. The monoisotopic (exact) mass is 1980 g/mol. The Labute approximate surface area is 788 Å². The number of methoxy groups -OCH3 is 1. The summed E-state index contributed by atoms with van der Waals surface area (Å²) in [6, 6.07) is 48.3. The highest BCUT2D eigenvalue weighted by Crippen LogP contribution is 2.38. The first-order valence-electron chi connectivity index (χ1n) is 43.1. The quantitative estimate of drug-likeness (QED) is 0.00897. The predicted molar refractivity (Wildman–Crippen MR) is 508 cm³/mol. The number of carbonyl (C=O) groups is 13. The number of pyridine rings is 4. The van der Waals surface area contributed by atoms with Gasteiger partial charge in [-0.1, -0.05) is 177 Å². The molecule has 8 aromatic rings. The minimum absolute atomic E-state index is 0.00584. The Hall–Kier alpha value is -10.8. The molecule has 0 spiro atoms. The lowest BCUT2D eigenvalue weighted by Crippen LogP contribution is -2.31. The summed E-state index contributed by atoms with van der Waals surface area (Å²) in [5.41, 5.74) is 4.24. The van der Waals surface area contributed by atoms with Gasteiger partial charge in [0.2, 0.25) is 0 Å². The lowest BCUT2D eigenvalue weighted by Gasteiger charge is -2.10. The van der Waals surface area contributed by atoms with E-state index in [4.69, 9.17) is 68.3 Å². The minimum Gasteiger partial charge on any atom is -0.490 e. The Balaban J connectivity index is 0.000000732. The van der Waals surface area contributed by atoms with Crippen LogP contribution >= 0.6 is 54.8 Å². The van der Waals surface area contributed by atoms with Gasteiger partial charge in [-0.05, 0) is 130 Å². The van der Waals surface area contributed by atoms with Crippen LogP contribution in [0, 0.1) is 0 Å². The molecular formula is C90H122N8O30P4S2. The second-order valence-electron chi connectivity index (χ2n) is 28.9. The number of hydrogen-bond acceptors (Lipinski definition) is 28. The SMILES string of the molecule is CC(=O)CCCCP(=O)(O)O.CCC(=O)ON1C(=O)CCC1=O.CCC(=O)ON1C(=O)CCC1=O.CCC(=O)ON1C(=O)CCC1=O.CCC(=O)ON1C(=O)CCC1=O.CCC(=S)CCCCCP(=O)(O)O.CCCCCP(=O)(O)O.COC(=S)CCCCCP(=O)(O)O.c1ccc2ncccc2c1.c1ccc2ncccc2c1.c1ccc2ncccc2c1.c1ccc2ncccc2c1. The summed E-state index contributed by atoms with van der Waals surface area (Å²) in [6.07, 6.45) is 19.8. The number of fused-ring (bicyclic) bond motifs is 4. The molecule has 4 aromatic heterocycles. The van der Waals surface area contributed by atoms with Crippen molar-refractivity contribution in [1.82, 2.24) is 40.2 Å². The van der Waals surface area contributed by atoms with Gasteiger partial charge in [0.25, 0.3) is 47.3 Å². The number of benzene rings is 4. The molecule has 38 nitrogen and oxygen atoms in total. The average Bonchev–Trinajstić information content (AvgIpc) is 1.80. The van der Waals surface area contributed by atoms with Crippen molar-refractivity contribution in [3.8, 4) is 0 Å². The molecule has 8 heterocycles. The molecule has 134 heavy (non-hydrogen) atoms. The zero-order valence-electron chi connectivity index (χ0n) is 76.3. The second-order valence-corrected chi connectivity index (χ2v) is 37.0. The van der Waals surface area contributed by atoms with Crippen molar-refractivity contribution in [1.29, 1.82) is 0 Å². The van der Waals surface area contributed by atoms with E-state index < -0.39 is 102 Å². The summed E-state index contributed by atoms with van der Waals surface area (Å²) >= 11 is 9.83. The summed E-state index contributed by atoms with van der Waals surface area (Å²) in [6.45, 7) is 11.9. The molecule has 4 aliphatic rings. The first-order chi connectivity index (χ1) is 63.3. The van der Waals surface area contributed by atoms with Crippen molar-refractivity contribution in [3.63, 3.8) is 0 Å². The molecule has 0 radical (unpaired) electrons. The van der Waals surface area contributed by atoms with Crippen LogP contribution in [0.15, 0.2) is 170 Å². The number of amides is 8. The fourth-order valence-corrected chi connectivity index (χ4v) is 13.3. The average molecular weight is 1980 g/mol. The number of unbranched alkanes of at least 4 members (excludes halogenated alkanes) is 7. The van der Waals surface area contributed by atoms with Crippen molar-refractivity contribution in [2.24, 2.45) is 0 Å². The van der Waals surface area contributed by atoms with Crippen molar-refractivity contribution in [2.45, 2.75) is 222 Å². The molecule has 44 heteroatoms. The third-order valence-electron chi connectivity index (χ3n) is 17.6. The van der Waals surface area contributed by atoms with Gasteiger partial charge >= 0.3 is 54.3 Å². The number of rotatable bonds is 30. The van der Waals surface area contributed by atoms with E-state index in [1.165, 1.54) is 35.6 Å². The smallest absolute Gasteiger partial charge is 0.332 e. The fourth-order valence-electron chi connectivity index (χ4n) is 10.5. The van der Waals surface area contributed by atoms with Crippen LogP contribution in [0.25, 0.3) is 43.6 Å². The van der Waals surface area contributed by atoms with Crippen molar-refractivity contribution in [3.05, 3.63) is 170 Å². The number of ketones is 1. The normalized spacial score (nSPS) is 13.0. The topological polar surface area (TPSA) is 563 Å². The molecule has 4 fully saturated rings. The van der Waals surface area contributed by atoms with Gasteiger partial charge in [0.1, 0.15) is 5.78 Å². The number of hydrogen-bond donors (Lipinski definition) is 8. The lowest BCUT2D eigenvalue weighted by molar-refractivity contribution is -0.197. The summed E-state index contributed by atoms with van der Waals surface area (Å²) in [5.74, 6) is -5.76. The molecule has 4 saturated heterocycles. The molecule has 734 valence electrons. The molecule has 0 atom stereocenters. The largest absolute Gasteiger partial charge is 0.490 e. The number of ether oxygens (including phenoxy) is 1. The highest BCUT2D eigenvalue weighted by Gasteiger charge is 2.35. The van der Waals surface area contributed by atoms with Crippen LogP contribution in [-0.4, -0.2) is 198 Å². The molecule has 12 rings (SSSR count). The van der Waals surface area contributed by atoms with Gasteiger partial charge in [0.05, 0.1) is 29.2 Å². The van der Waals surface area contributed by atoms with Gasteiger partial charge in [-0.15, -0.1) is 20.3 Å². The zero-order chi connectivity index (χ0) is 101. The number of para-hydroxylation sites is 4. The number of carbonyl (C=O) groups excluding carboxylic acids is 13. The van der Waals surface area contributed by atoms with E-state index in [9.17, 15) is 80.6 Å². The third-order valence-corrected chi connectivity index (χ3v) is 22.1. The van der Waals surface area contributed by atoms with Crippen molar-refractivity contribution in [2.75, 3.05) is 31.8 Å². The minimum atomic E-state index is -3.84. The highest BCUT2D eigenvalue weighted by atomic mass is 32.1. The molecule has 0 unspecified atom stereocenters. The Morgan fingerprint density at radius 2 is 0.530 bits per heavy atom. The molecular weight excluding hydrogens is 1860 g/mol. The van der Waals surface area contributed by atoms with Gasteiger partial charge in [0.15, 0.2) is 5.05 Å². The Morgan fingerprint density at radius 1 is 0.313 bits per heavy atom. The van der Waals surface area contributed by atoms with Gasteiger partial charge in [-0.2, -0.15) is 0 Å². The van der Waals surface area contributed by atoms with E-state index in [2.05, 4.69) is 87.8 Å². The molecule has 0 saturated carbocycles. The molecule has 4 aliphatic heterocycles. The van der Waals surface area contributed by atoms with Crippen LogP contribution in [0.2, 0.25) is 0 Å². The van der Waals surface area contributed by atoms with Crippen molar-refractivity contribution < 1.29 is 144 Å². The molecule has 8 amide bonds. The number of aromatic nitrogens is 4. The second kappa shape index (κ2) is 68.2. The maximum Gasteiger partial charge on any atom is 0.332 e. The van der Waals surface area contributed by atoms with Crippen molar-refractivity contribution >= 4 is 185 Å². The van der Waals surface area contributed by atoms with Crippen LogP contribution < -0.4 is 0 Å². The maximum absolute atomic E-state index is 10.9. The fraction of sp³-hybridized carbons (Fsp3) is 0.433. The van der Waals surface area contributed by atoms with E-state index in [1.807, 2.05) is 136 Å². The van der Waals surface area contributed by atoms with Crippen LogP contribution in [-0.2, 0) is 105 Å². The van der Waals surface area contributed by atoms with E-state index in [0.717, 1.165) is 78.3 Å². The Kier molecular flexibility index (Phi) is 61.7. The predicted octanol–water partition coefficient (Wildman–Crippen LogP) is 15.4. The van der Waals surface area contributed by atoms with E-state index in [-0.39, 0.29) is 107 Å². The molecule has 0 bridgehead atoms. The zero-order valence-corrected chi connectivity index (χ0v) is 81.5. The highest BCUT2D eigenvalue weighted by molar-refractivity contribution is 7.80. The van der Waals surface area contributed by atoms with Crippen LogP contribution in [0.3, 0.4) is 0 Å². The summed E-state index contributed by atoms with van der Waals surface area (Å²) in [5, 5.41) is 7.54. The number of hydroxylamine groups is 8.